The van der Waals surface area contributed by atoms with Gasteiger partial charge in [-0.15, -0.1) is 0 Å². The number of phenols is 1. The molecule has 2 heterocycles. The highest BCUT2D eigenvalue weighted by Gasteiger charge is 2.48. The molecule has 38 heavy (non-hydrogen) atoms. The average Bonchev–Trinajstić information content (AvgIpc) is 3.47. The highest BCUT2D eigenvalue weighted by atomic mass is 32.2. The number of carboxylic acid groups (broad SMARTS) is 1. The van der Waals surface area contributed by atoms with Crippen LogP contribution in [0.15, 0.2) is 53.4 Å². The molecule has 2 aliphatic heterocycles. The number of ether oxygens (including phenoxy) is 2. The maximum atomic E-state index is 13.8. The molecule has 0 aromatic heterocycles. The molecular weight excluding hydrogens is 510 g/mol. The zero-order chi connectivity index (χ0) is 27.6. The monoisotopic (exact) mass is 547 g/mol. The summed E-state index contributed by atoms with van der Waals surface area (Å²) in [5, 5.41) is 21.2. The van der Waals surface area contributed by atoms with Crippen LogP contribution >= 0.6 is 0 Å². The van der Waals surface area contributed by atoms with Gasteiger partial charge in [0.05, 0.1) is 24.2 Å². The molecule has 208 valence electrons. The van der Waals surface area contributed by atoms with Crippen LogP contribution in [0, 0.1) is 11.8 Å². The van der Waals surface area contributed by atoms with E-state index in [4.69, 9.17) is 15.2 Å². The molecule has 0 radical (unpaired) electrons. The molecule has 4 rings (SSSR count). The summed E-state index contributed by atoms with van der Waals surface area (Å²) < 4.78 is 40.4. The van der Waals surface area contributed by atoms with Gasteiger partial charge >= 0.3 is 6.09 Å². The minimum atomic E-state index is -3.96. The van der Waals surface area contributed by atoms with Crippen molar-refractivity contribution in [2.24, 2.45) is 11.8 Å². The molecule has 2 aromatic rings. The maximum Gasteiger partial charge on any atom is 0.407 e. The second-order valence-electron chi connectivity index (χ2n) is 10.5. The first-order chi connectivity index (χ1) is 18.0. The van der Waals surface area contributed by atoms with Crippen molar-refractivity contribution in [3.05, 3.63) is 54.1 Å². The number of para-hydroxylation sites is 1. The molecule has 4 N–H and O–H groups in total. The molecule has 0 saturated carbocycles. The van der Waals surface area contributed by atoms with Crippen LogP contribution in [-0.2, 0) is 19.5 Å². The number of aromatic hydroxyl groups is 1. The Morgan fingerprint density at radius 1 is 1.08 bits per heavy atom. The minimum absolute atomic E-state index is 0.00547. The third kappa shape index (κ3) is 5.75. The van der Waals surface area contributed by atoms with Crippen LogP contribution in [0.25, 0.3) is 0 Å². The molecule has 2 fully saturated rings. The largest absolute Gasteiger partial charge is 0.508 e. The predicted molar refractivity (Wildman–Crippen MR) is 142 cm³/mol. The van der Waals surface area contributed by atoms with Crippen molar-refractivity contribution in [1.29, 1.82) is 0 Å². The lowest BCUT2D eigenvalue weighted by Crippen LogP contribution is -2.53. The molecule has 0 aliphatic carbocycles. The summed E-state index contributed by atoms with van der Waals surface area (Å²) >= 11 is 0. The quantitative estimate of drug-likeness (QED) is 0.384. The van der Waals surface area contributed by atoms with Crippen molar-refractivity contribution in [2.45, 2.75) is 56.4 Å². The van der Waals surface area contributed by atoms with E-state index in [-0.39, 0.29) is 42.2 Å². The topological polar surface area (TPSA) is 143 Å². The molecule has 11 heteroatoms. The van der Waals surface area contributed by atoms with Crippen LogP contribution in [-0.4, -0.2) is 78.6 Å². The molecule has 2 saturated heterocycles. The number of carbonyl (C=O) groups is 1. The van der Waals surface area contributed by atoms with Gasteiger partial charge in [0.2, 0.25) is 10.0 Å². The van der Waals surface area contributed by atoms with E-state index in [2.05, 4.69) is 0 Å². The van der Waals surface area contributed by atoms with Crippen LogP contribution in [0.1, 0.15) is 38.7 Å². The standard InChI is InChI=1S/C27H37N3O7S/c1-17(2)14-29(38(34,35)20-10-8-19(28)9-11-20)15-23(21-6-4-5-7-25(21)31)18(3)30(27(32)33)24-16-37-26-22(24)12-13-36-26/h4-11,17-18,22-24,26,31H,12-16,28H2,1-3H3,(H,32,33)/t18-,22-,23+,24-,26+/m0/s1. The van der Waals surface area contributed by atoms with E-state index in [0.29, 0.717) is 24.3 Å². The molecule has 2 aromatic carbocycles. The number of nitrogens with zero attached hydrogens (tertiary/aromatic N) is 2. The van der Waals surface area contributed by atoms with Crippen molar-refractivity contribution in [3.8, 4) is 5.75 Å². The first kappa shape index (κ1) is 28.2. The summed E-state index contributed by atoms with van der Waals surface area (Å²) in [5.41, 5.74) is 6.71. The summed E-state index contributed by atoms with van der Waals surface area (Å²) in [4.78, 5) is 14.1. The van der Waals surface area contributed by atoms with Gasteiger partial charge in [-0.05, 0) is 49.6 Å². The van der Waals surface area contributed by atoms with Crippen molar-refractivity contribution in [2.75, 3.05) is 32.0 Å². The molecule has 5 atom stereocenters. The fourth-order valence-corrected chi connectivity index (χ4v) is 7.17. The van der Waals surface area contributed by atoms with Crippen molar-refractivity contribution in [3.63, 3.8) is 0 Å². The lowest BCUT2D eigenvalue weighted by atomic mass is 9.88. The summed E-state index contributed by atoms with van der Waals surface area (Å²) in [6.45, 7) is 6.47. The first-order valence-corrected chi connectivity index (χ1v) is 14.3. The van der Waals surface area contributed by atoms with E-state index < -0.39 is 40.4 Å². The van der Waals surface area contributed by atoms with E-state index in [0.717, 1.165) is 0 Å². The number of hydrogen-bond donors (Lipinski definition) is 3. The van der Waals surface area contributed by atoms with Gasteiger partial charge in [0.25, 0.3) is 0 Å². The smallest absolute Gasteiger partial charge is 0.407 e. The molecule has 10 nitrogen and oxygen atoms in total. The number of nitrogen functional groups attached to an aromatic ring is 1. The summed E-state index contributed by atoms with van der Waals surface area (Å²) in [5.74, 6) is -0.803. The second-order valence-corrected chi connectivity index (χ2v) is 12.4. The normalized spacial score (nSPS) is 22.9. The zero-order valence-corrected chi connectivity index (χ0v) is 22.8. The number of fused-ring (bicyclic) bond motifs is 1. The van der Waals surface area contributed by atoms with Gasteiger partial charge in [-0.1, -0.05) is 32.0 Å². The Morgan fingerprint density at radius 2 is 1.76 bits per heavy atom. The molecule has 0 bridgehead atoms. The fourth-order valence-electron chi connectivity index (χ4n) is 5.54. The number of amides is 1. The lowest BCUT2D eigenvalue weighted by Gasteiger charge is -2.40. The molecule has 1 amide bonds. The lowest BCUT2D eigenvalue weighted by molar-refractivity contribution is -0.0906. The Bertz CT molecular complexity index is 1220. The minimum Gasteiger partial charge on any atom is -0.508 e. The number of hydrogen-bond acceptors (Lipinski definition) is 7. The van der Waals surface area contributed by atoms with Crippen molar-refractivity contribution in [1.82, 2.24) is 9.21 Å². The number of anilines is 1. The van der Waals surface area contributed by atoms with Crippen LogP contribution in [0.2, 0.25) is 0 Å². The Balaban J connectivity index is 1.74. The zero-order valence-electron chi connectivity index (χ0n) is 21.9. The third-order valence-electron chi connectivity index (χ3n) is 7.43. The summed E-state index contributed by atoms with van der Waals surface area (Å²) in [6.07, 6.45) is -0.894. The molecular formula is C27H37N3O7S. The highest BCUT2D eigenvalue weighted by Crippen LogP contribution is 2.39. The SMILES string of the molecule is CC(C)CN(C[C@@H](c1ccccc1O)[C@H](C)N(C(=O)O)[C@H]1CO[C@H]2OCC[C@H]21)S(=O)(=O)c1ccc(N)cc1. The highest BCUT2D eigenvalue weighted by molar-refractivity contribution is 7.89. The number of phenolic OH excluding ortho intramolecular Hbond substituents is 1. The second kappa shape index (κ2) is 11.5. The van der Waals surface area contributed by atoms with Crippen molar-refractivity contribution < 1.29 is 32.9 Å². The van der Waals surface area contributed by atoms with E-state index >= 15 is 0 Å². The van der Waals surface area contributed by atoms with E-state index in [1.807, 2.05) is 13.8 Å². The van der Waals surface area contributed by atoms with Gasteiger partial charge in [-0.2, -0.15) is 4.31 Å². The van der Waals surface area contributed by atoms with Crippen LogP contribution in [0.5, 0.6) is 5.75 Å². The summed E-state index contributed by atoms with van der Waals surface area (Å²) in [7, 11) is -3.96. The van der Waals surface area contributed by atoms with Gasteiger partial charge in [0, 0.05) is 42.2 Å². The number of benzene rings is 2. The van der Waals surface area contributed by atoms with Gasteiger partial charge in [-0.3, -0.25) is 4.90 Å². The number of rotatable bonds is 10. The Labute approximate surface area is 224 Å². The first-order valence-electron chi connectivity index (χ1n) is 12.9. The van der Waals surface area contributed by atoms with Gasteiger partial charge in [0.1, 0.15) is 5.75 Å². The van der Waals surface area contributed by atoms with Gasteiger partial charge in [-0.25, -0.2) is 13.2 Å². The van der Waals surface area contributed by atoms with E-state index in [1.165, 1.54) is 39.5 Å². The van der Waals surface area contributed by atoms with Crippen LogP contribution < -0.4 is 5.73 Å². The van der Waals surface area contributed by atoms with Crippen LogP contribution in [0.4, 0.5) is 10.5 Å². The molecule has 0 spiro atoms. The molecule has 0 unspecified atom stereocenters. The average molecular weight is 548 g/mol. The third-order valence-corrected chi connectivity index (χ3v) is 9.28. The van der Waals surface area contributed by atoms with Crippen LogP contribution in [0.3, 0.4) is 0 Å². The van der Waals surface area contributed by atoms with Gasteiger partial charge < -0.3 is 25.4 Å². The van der Waals surface area contributed by atoms with E-state index in [9.17, 15) is 23.4 Å². The Morgan fingerprint density at radius 3 is 2.39 bits per heavy atom. The maximum absolute atomic E-state index is 13.8. The molecule has 2 aliphatic rings. The Kier molecular flexibility index (Phi) is 8.51. The summed E-state index contributed by atoms with van der Waals surface area (Å²) in [6, 6.07) is 11.5. The Hall–Kier alpha value is -2.86. The number of sulfonamides is 1. The van der Waals surface area contributed by atoms with E-state index in [1.54, 1.807) is 25.1 Å². The van der Waals surface area contributed by atoms with Gasteiger partial charge in [0.15, 0.2) is 6.29 Å². The van der Waals surface area contributed by atoms with Crippen molar-refractivity contribution >= 4 is 21.8 Å². The fraction of sp³-hybridized carbons (Fsp3) is 0.519. The number of nitrogens with two attached hydrogens (primary N) is 1. The predicted octanol–water partition coefficient (Wildman–Crippen LogP) is 3.53.